The predicted molar refractivity (Wildman–Crippen MR) is 400 cm³/mol. The maximum absolute atomic E-state index is 13.6. The number of pyridine rings is 2. The maximum atomic E-state index is 13.6. The van der Waals surface area contributed by atoms with Crippen molar-refractivity contribution in [1.82, 2.24) is 34.8 Å². The van der Waals surface area contributed by atoms with Crippen molar-refractivity contribution in [2.75, 3.05) is 7.11 Å². The number of rotatable bonds is 15. The Morgan fingerprint density at radius 2 is 0.770 bits per heavy atom. The van der Waals surface area contributed by atoms with Crippen LogP contribution in [-0.4, -0.2) is 59.9 Å². The largest absolute Gasteiger partial charge is 0.465 e. The minimum absolute atomic E-state index is 0.141. The van der Waals surface area contributed by atoms with Crippen molar-refractivity contribution in [3.05, 3.63) is 371 Å². The number of hydrogen-bond acceptors (Lipinski definition) is 10. The molecule has 10 aromatic carbocycles. The number of aliphatic imine (C=N–C) groups is 2. The van der Waals surface area contributed by atoms with E-state index in [1.807, 2.05) is 149 Å². The van der Waals surface area contributed by atoms with Gasteiger partial charge in [0.1, 0.15) is 33.9 Å². The molecule has 16 rings (SSSR count). The molecule has 13 nitrogen and oxygen atoms in total. The summed E-state index contributed by atoms with van der Waals surface area (Å²) in [5, 5.41) is 16.1. The van der Waals surface area contributed by atoms with E-state index in [2.05, 4.69) is 212 Å². The number of ether oxygens (including phenoxy) is 1. The molecular weight excluding hydrogens is 1230 g/mol. The van der Waals surface area contributed by atoms with E-state index in [9.17, 15) is 9.59 Å². The van der Waals surface area contributed by atoms with Gasteiger partial charge in [-0.3, -0.25) is 14.8 Å². The standard InChI is InChI=1S/C43H35N5O.C36H28N4O2.C8H11N/c1-29-25-32(23-24-44-29)41-37-28-38-33(26-39(46-38)42(49)45-30(2)31-15-7-3-8-16-31)27-40(37)48(47-41)43(34-17-9-4-10-18-34,35-19-11-5-12-20-35)36-21-13-6-14-22-36;1-24-20-25(18-19-37-24)34-30-23-31-26(21-32(38-31)35(41)42-2)22-33(30)40(39-34)36(27-12-6-3-7-13-27,28-14-8-4-9-15-28)29-16-10-5-11-17-29;1-7(9)8-5-3-2-4-6-8/h3-25,27-28,30H,26H2,1-2H3,(H,45,49);3-20,22-23H,21H2,1-2H3;2-7H,9H2,1H3/t30-;;7-/m1.1/s1. The van der Waals surface area contributed by atoms with Gasteiger partial charge in [0, 0.05) is 64.6 Å². The summed E-state index contributed by atoms with van der Waals surface area (Å²) in [5.74, 6) is -0.565. The molecule has 2 atom stereocenters. The first-order valence-corrected chi connectivity index (χ1v) is 33.6. The van der Waals surface area contributed by atoms with Crippen LogP contribution in [-0.2, 0) is 38.2 Å². The first-order valence-electron chi connectivity index (χ1n) is 33.6. The summed E-state index contributed by atoms with van der Waals surface area (Å²) in [4.78, 5) is 44.5. The van der Waals surface area contributed by atoms with Crippen molar-refractivity contribution >= 4 is 56.5 Å². The van der Waals surface area contributed by atoms with Crippen molar-refractivity contribution in [3.8, 4) is 22.5 Å². The van der Waals surface area contributed by atoms with E-state index in [0.29, 0.717) is 24.3 Å². The second kappa shape index (κ2) is 28.4. The number of amides is 1. The zero-order chi connectivity index (χ0) is 68.7. The number of methoxy groups -OCH3 is 1. The Morgan fingerprint density at radius 3 is 1.10 bits per heavy atom. The average molecular weight is 1310 g/mol. The average Bonchev–Trinajstić information content (AvgIpc) is 1.50. The van der Waals surface area contributed by atoms with Gasteiger partial charge >= 0.3 is 5.97 Å². The highest BCUT2D eigenvalue weighted by molar-refractivity contribution is 6.41. The number of nitrogens with two attached hydrogens (primary N) is 1. The number of carbonyl (C=O) groups excluding carboxylic acids is 2. The van der Waals surface area contributed by atoms with E-state index >= 15 is 0 Å². The number of aromatic nitrogens is 6. The normalized spacial score (nSPS) is 12.9. The first-order chi connectivity index (χ1) is 48.9. The molecule has 1 amide bonds. The molecule has 3 N–H and O–H groups in total. The fraction of sp³-hybridized carbons (Fsp3) is 0.126. The predicted octanol–water partition coefficient (Wildman–Crippen LogP) is 17.5. The first kappa shape index (κ1) is 65.0. The molecule has 490 valence electrons. The van der Waals surface area contributed by atoms with Gasteiger partial charge in [0.2, 0.25) is 0 Å². The van der Waals surface area contributed by atoms with E-state index in [-0.39, 0.29) is 18.0 Å². The van der Waals surface area contributed by atoms with Crippen LogP contribution in [0.25, 0.3) is 44.3 Å². The van der Waals surface area contributed by atoms with Gasteiger partial charge in [-0.05, 0) is 132 Å². The summed E-state index contributed by atoms with van der Waals surface area (Å²) >= 11 is 0. The van der Waals surface area contributed by atoms with Crippen molar-refractivity contribution in [2.45, 2.75) is 63.7 Å². The van der Waals surface area contributed by atoms with E-state index < -0.39 is 17.0 Å². The van der Waals surface area contributed by atoms with Crippen molar-refractivity contribution in [2.24, 2.45) is 15.7 Å². The van der Waals surface area contributed by atoms with Crippen LogP contribution >= 0.6 is 0 Å². The Kier molecular flexibility index (Phi) is 18.5. The van der Waals surface area contributed by atoms with Crippen LogP contribution in [0.5, 0.6) is 0 Å². The van der Waals surface area contributed by atoms with Gasteiger partial charge in [-0.2, -0.15) is 10.2 Å². The summed E-state index contributed by atoms with van der Waals surface area (Å²) in [6.07, 6.45) is 4.48. The highest BCUT2D eigenvalue weighted by Gasteiger charge is 2.43. The number of nitrogens with zero attached hydrogens (tertiary/aromatic N) is 8. The Labute approximate surface area is 582 Å². The number of fused-ring (bicyclic) bond motifs is 4. The zero-order valence-corrected chi connectivity index (χ0v) is 56.3. The number of carbonyl (C=O) groups is 2. The van der Waals surface area contributed by atoms with Crippen LogP contribution in [0.3, 0.4) is 0 Å². The van der Waals surface area contributed by atoms with Crippen LogP contribution in [0.4, 0.5) is 11.4 Å². The van der Waals surface area contributed by atoms with Gasteiger partial charge in [-0.1, -0.05) is 243 Å². The lowest BCUT2D eigenvalue weighted by atomic mass is 9.77. The molecule has 2 aliphatic rings. The molecule has 4 aromatic heterocycles. The van der Waals surface area contributed by atoms with E-state index in [4.69, 9.17) is 25.7 Å². The van der Waals surface area contributed by atoms with E-state index in [1.54, 1.807) is 0 Å². The maximum Gasteiger partial charge on any atom is 0.352 e. The van der Waals surface area contributed by atoms with Crippen LogP contribution in [0.2, 0.25) is 0 Å². The van der Waals surface area contributed by atoms with Crippen LogP contribution in [0.1, 0.15) is 93.0 Å². The smallest absolute Gasteiger partial charge is 0.352 e. The van der Waals surface area contributed by atoms with Gasteiger partial charge in [0.15, 0.2) is 0 Å². The second-order valence-electron chi connectivity index (χ2n) is 25.3. The number of aryl methyl sites for hydroxylation is 2. The van der Waals surface area contributed by atoms with Gasteiger partial charge in [0.05, 0.1) is 35.6 Å². The Balaban J connectivity index is 0.000000153. The van der Waals surface area contributed by atoms with Gasteiger partial charge in [0.25, 0.3) is 5.91 Å². The van der Waals surface area contributed by atoms with Gasteiger partial charge in [-0.15, -0.1) is 0 Å². The number of hydrogen-bond donors (Lipinski definition) is 2. The zero-order valence-electron chi connectivity index (χ0n) is 56.3. The molecule has 14 aromatic rings. The third-order valence-electron chi connectivity index (χ3n) is 18.8. The van der Waals surface area contributed by atoms with Crippen LogP contribution in [0.15, 0.2) is 314 Å². The summed E-state index contributed by atoms with van der Waals surface area (Å²) < 4.78 is 9.35. The molecule has 0 bridgehead atoms. The molecule has 13 heteroatoms. The highest BCUT2D eigenvalue weighted by atomic mass is 16.5. The molecule has 0 aliphatic carbocycles. The quantitative estimate of drug-likeness (QED) is 0.0755. The number of benzene rings is 10. The summed E-state index contributed by atoms with van der Waals surface area (Å²) in [6.45, 7) is 7.96. The fourth-order valence-corrected chi connectivity index (χ4v) is 14.0. The lowest BCUT2D eigenvalue weighted by molar-refractivity contribution is -0.132. The minimum Gasteiger partial charge on any atom is -0.465 e. The molecule has 0 saturated carbocycles. The Bertz CT molecular complexity index is 5100. The molecule has 2 aliphatic heterocycles. The third-order valence-corrected chi connectivity index (χ3v) is 18.8. The topological polar surface area (TPSA) is 168 Å². The summed E-state index contributed by atoms with van der Waals surface area (Å²) in [7, 11) is 1.39. The molecule has 0 fully saturated rings. The molecule has 0 unspecified atom stereocenters. The minimum atomic E-state index is -0.818. The van der Waals surface area contributed by atoms with E-state index in [0.717, 1.165) is 117 Å². The van der Waals surface area contributed by atoms with Gasteiger partial charge < -0.3 is 15.8 Å². The summed E-state index contributed by atoms with van der Waals surface area (Å²) in [5.41, 5.74) is 24.4. The number of esters is 1. The van der Waals surface area contributed by atoms with Crippen LogP contribution < -0.4 is 11.1 Å². The Morgan fingerprint density at radius 1 is 0.440 bits per heavy atom. The molecule has 0 spiro atoms. The van der Waals surface area contributed by atoms with Crippen molar-refractivity contribution in [1.29, 1.82) is 0 Å². The monoisotopic (exact) mass is 1310 g/mol. The van der Waals surface area contributed by atoms with Crippen molar-refractivity contribution in [3.63, 3.8) is 0 Å². The molecule has 6 heterocycles. The lowest BCUT2D eigenvalue weighted by Crippen LogP contribution is -2.38. The second-order valence-corrected chi connectivity index (χ2v) is 25.3. The molecule has 0 radical (unpaired) electrons. The SMILES string of the molecule is COC(=O)C1=Nc2cc3c(-c4ccnc(C)c4)nn(C(c4ccccc4)(c4ccccc4)c4ccccc4)c3cc2C1.C[C@@H](N)c1ccccc1.Cc1cc(-c2nn(C(c3ccccc3)(c3ccccc3)c3ccccc3)c3cc4c(cc23)N=C(C(=O)N[C@H](C)c2ccccc2)C4)ccn1. The third kappa shape index (κ3) is 12.5. The highest BCUT2D eigenvalue weighted by Crippen LogP contribution is 2.48. The van der Waals surface area contributed by atoms with Crippen molar-refractivity contribution < 1.29 is 14.3 Å². The Hall–Kier alpha value is -12.3. The molecule has 0 saturated heterocycles. The fourth-order valence-electron chi connectivity index (χ4n) is 14.0. The lowest BCUT2D eigenvalue weighted by Gasteiger charge is -2.37. The number of nitrogens with one attached hydrogen (secondary N) is 1. The summed E-state index contributed by atoms with van der Waals surface area (Å²) in [6, 6.07) is 99.9. The van der Waals surface area contributed by atoms with Gasteiger partial charge in [-0.25, -0.2) is 24.1 Å². The molecular formula is C87H74N10O3. The van der Waals surface area contributed by atoms with Crippen LogP contribution in [0, 0.1) is 13.8 Å². The van der Waals surface area contributed by atoms with E-state index in [1.165, 1.54) is 12.7 Å². The molecule has 100 heavy (non-hydrogen) atoms.